The molecule has 1 aliphatic carbocycles. The summed E-state index contributed by atoms with van der Waals surface area (Å²) in [6.45, 7) is 0. The van der Waals surface area contributed by atoms with Crippen molar-refractivity contribution in [3.63, 3.8) is 0 Å². The molecule has 0 heterocycles. The van der Waals surface area contributed by atoms with Gasteiger partial charge in [0, 0.05) is 4.47 Å². The highest BCUT2D eigenvalue weighted by Gasteiger charge is 2.51. The van der Waals surface area contributed by atoms with Crippen molar-refractivity contribution in [2.24, 2.45) is 0 Å². The minimum absolute atomic E-state index is 0.0752. The van der Waals surface area contributed by atoms with Crippen LogP contribution in [0.3, 0.4) is 0 Å². The highest BCUT2D eigenvalue weighted by atomic mass is 79.9. The molecule has 0 spiro atoms. The van der Waals surface area contributed by atoms with Crippen molar-refractivity contribution in [1.29, 1.82) is 0 Å². The lowest BCUT2D eigenvalue weighted by molar-refractivity contribution is -0.130. The van der Waals surface area contributed by atoms with Gasteiger partial charge in [-0.05, 0) is 48.2 Å². The van der Waals surface area contributed by atoms with Crippen LogP contribution < -0.4 is 10.9 Å². The maximum atomic E-state index is 12.8. The van der Waals surface area contributed by atoms with Crippen LogP contribution in [0.4, 0.5) is 4.39 Å². The third-order valence-corrected chi connectivity index (χ3v) is 4.70. The maximum absolute atomic E-state index is 12.8. The van der Waals surface area contributed by atoms with E-state index in [1.807, 2.05) is 24.3 Å². The summed E-state index contributed by atoms with van der Waals surface area (Å²) in [4.78, 5) is 24.3. The monoisotopic (exact) mass is 390 g/mol. The summed E-state index contributed by atoms with van der Waals surface area (Å²) >= 11 is 3.37. The second-order valence-electron chi connectivity index (χ2n) is 5.89. The zero-order valence-electron chi connectivity index (χ0n) is 12.8. The topological polar surface area (TPSA) is 58.2 Å². The van der Waals surface area contributed by atoms with Crippen LogP contribution in [0.1, 0.15) is 24.0 Å². The van der Waals surface area contributed by atoms with Gasteiger partial charge in [0.1, 0.15) is 5.82 Å². The molecule has 0 unspecified atom stereocenters. The number of hydrogen-bond acceptors (Lipinski definition) is 2. The van der Waals surface area contributed by atoms with Gasteiger partial charge in [-0.25, -0.2) is 4.39 Å². The van der Waals surface area contributed by atoms with Crippen LogP contribution in [-0.2, 0) is 21.4 Å². The number of amides is 2. The minimum Gasteiger partial charge on any atom is -0.273 e. The van der Waals surface area contributed by atoms with Crippen molar-refractivity contribution in [3.8, 4) is 0 Å². The number of hydrogen-bond donors (Lipinski definition) is 2. The molecule has 4 nitrogen and oxygen atoms in total. The van der Waals surface area contributed by atoms with Crippen LogP contribution >= 0.6 is 15.9 Å². The van der Waals surface area contributed by atoms with Crippen molar-refractivity contribution < 1.29 is 14.0 Å². The van der Waals surface area contributed by atoms with E-state index in [0.29, 0.717) is 5.56 Å². The Morgan fingerprint density at radius 2 is 1.62 bits per heavy atom. The molecule has 0 radical (unpaired) electrons. The lowest BCUT2D eigenvalue weighted by Gasteiger charge is -2.16. The first-order chi connectivity index (χ1) is 11.5. The summed E-state index contributed by atoms with van der Waals surface area (Å²) in [5.74, 6) is -0.906. The molecule has 124 valence electrons. The number of hydrazine groups is 1. The SMILES string of the molecule is O=C(Cc1ccc(F)cc1)NNC(=O)C1(c2ccc(Br)cc2)CC1. The average Bonchev–Trinajstić information content (AvgIpc) is 3.37. The molecule has 1 fully saturated rings. The van der Waals surface area contributed by atoms with E-state index in [1.165, 1.54) is 12.1 Å². The third-order valence-electron chi connectivity index (χ3n) is 4.17. The molecular formula is C18H16BrFN2O2. The van der Waals surface area contributed by atoms with Crippen molar-refractivity contribution in [2.75, 3.05) is 0 Å². The van der Waals surface area contributed by atoms with Gasteiger partial charge in [0.2, 0.25) is 11.8 Å². The first kappa shape index (κ1) is 16.6. The summed E-state index contributed by atoms with van der Waals surface area (Å²) in [6.07, 6.45) is 1.59. The van der Waals surface area contributed by atoms with Crippen LogP contribution in [0.25, 0.3) is 0 Å². The standard InChI is InChI=1S/C18H16BrFN2O2/c19-14-5-3-13(4-6-14)18(9-10-18)17(24)22-21-16(23)11-12-1-7-15(20)8-2-12/h1-8H,9-11H2,(H,21,23)(H,22,24). The van der Waals surface area contributed by atoms with E-state index in [1.54, 1.807) is 12.1 Å². The number of nitrogens with one attached hydrogen (secondary N) is 2. The maximum Gasteiger partial charge on any atom is 0.249 e. The van der Waals surface area contributed by atoms with Gasteiger partial charge in [-0.15, -0.1) is 0 Å². The Morgan fingerprint density at radius 3 is 2.21 bits per heavy atom. The molecule has 1 saturated carbocycles. The van der Waals surface area contributed by atoms with E-state index < -0.39 is 5.41 Å². The summed E-state index contributed by atoms with van der Waals surface area (Å²) in [6, 6.07) is 13.3. The van der Waals surface area contributed by atoms with Crippen LogP contribution in [-0.4, -0.2) is 11.8 Å². The zero-order chi connectivity index (χ0) is 17.2. The van der Waals surface area contributed by atoms with E-state index in [4.69, 9.17) is 0 Å². The van der Waals surface area contributed by atoms with Gasteiger partial charge < -0.3 is 0 Å². The molecule has 6 heteroatoms. The number of rotatable bonds is 4. The molecule has 0 saturated heterocycles. The smallest absolute Gasteiger partial charge is 0.249 e. The van der Waals surface area contributed by atoms with Gasteiger partial charge in [-0.1, -0.05) is 40.2 Å². The fourth-order valence-electron chi connectivity index (χ4n) is 2.62. The van der Waals surface area contributed by atoms with Crippen LogP contribution in [0, 0.1) is 5.82 Å². The largest absolute Gasteiger partial charge is 0.273 e. The Bertz CT molecular complexity index is 756. The molecule has 2 N–H and O–H groups in total. The predicted molar refractivity (Wildman–Crippen MR) is 91.4 cm³/mol. The fourth-order valence-corrected chi connectivity index (χ4v) is 2.88. The van der Waals surface area contributed by atoms with Crippen LogP contribution in [0.2, 0.25) is 0 Å². The van der Waals surface area contributed by atoms with E-state index in [9.17, 15) is 14.0 Å². The number of benzene rings is 2. The van der Waals surface area contributed by atoms with Crippen molar-refractivity contribution in [3.05, 3.63) is 69.9 Å². The Kier molecular flexibility index (Phi) is 4.66. The Hall–Kier alpha value is -2.21. The first-order valence-electron chi connectivity index (χ1n) is 7.59. The highest BCUT2D eigenvalue weighted by Crippen LogP contribution is 2.48. The number of carbonyl (C=O) groups excluding carboxylic acids is 2. The Morgan fingerprint density at radius 1 is 1.00 bits per heavy atom. The molecule has 2 aromatic rings. The van der Waals surface area contributed by atoms with Gasteiger partial charge in [-0.2, -0.15) is 0 Å². The van der Waals surface area contributed by atoms with Crippen LogP contribution in [0.5, 0.6) is 0 Å². The summed E-state index contributed by atoms with van der Waals surface area (Å²) in [7, 11) is 0. The molecule has 2 amide bonds. The average molecular weight is 391 g/mol. The van der Waals surface area contributed by atoms with Crippen LogP contribution in [0.15, 0.2) is 53.0 Å². The Balaban J connectivity index is 1.56. The van der Waals surface area contributed by atoms with Gasteiger partial charge in [0.25, 0.3) is 0 Å². The summed E-state index contributed by atoms with van der Waals surface area (Å²) in [5, 5.41) is 0. The van der Waals surface area contributed by atoms with Gasteiger partial charge in [0.05, 0.1) is 11.8 Å². The van der Waals surface area contributed by atoms with E-state index in [2.05, 4.69) is 26.8 Å². The first-order valence-corrected chi connectivity index (χ1v) is 8.39. The second-order valence-corrected chi connectivity index (χ2v) is 6.81. The molecule has 0 atom stereocenters. The zero-order valence-corrected chi connectivity index (χ0v) is 14.4. The van der Waals surface area contributed by atoms with Crippen molar-refractivity contribution in [2.45, 2.75) is 24.7 Å². The molecule has 24 heavy (non-hydrogen) atoms. The second kappa shape index (κ2) is 6.73. The van der Waals surface area contributed by atoms with Gasteiger partial charge in [-0.3, -0.25) is 20.4 Å². The molecule has 3 rings (SSSR count). The van der Waals surface area contributed by atoms with E-state index in [0.717, 1.165) is 22.9 Å². The minimum atomic E-state index is -0.552. The molecule has 0 aromatic heterocycles. The predicted octanol–water partition coefficient (Wildman–Crippen LogP) is 3.01. The lowest BCUT2D eigenvalue weighted by Crippen LogP contribution is -2.47. The molecule has 2 aromatic carbocycles. The summed E-state index contributed by atoms with van der Waals surface area (Å²) in [5.41, 5.74) is 6.00. The van der Waals surface area contributed by atoms with Gasteiger partial charge >= 0.3 is 0 Å². The molecular weight excluding hydrogens is 375 g/mol. The Labute approximate surface area is 147 Å². The van der Waals surface area contributed by atoms with Gasteiger partial charge in [0.15, 0.2) is 0 Å². The number of halogens is 2. The summed E-state index contributed by atoms with van der Waals surface area (Å²) < 4.78 is 13.8. The van der Waals surface area contributed by atoms with E-state index in [-0.39, 0.29) is 24.1 Å². The normalized spacial score (nSPS) is 14.8. The third kappa shape index (κ3) is 3.64. The molecule has 0 aliphatic heterocycles. The van der Waals surface area contributed by atoms with E-state index >= 15 is 0 Å². The molecule has 0 bridgehead atoms. The quantitative estimate of drug-likeness (QED) is 0.788. The fraction of sp³-hybridized carbons (Fsp3) is 0.222. The van der Waals surface area contributed by atoms with Crippen molar-refractivity contribution >= 4 is 27.7 Å². The van der Waals surface area contributed by atoms with Crippen molar-refractivity contribution in [1.82, 2.24) is 10.9 Å². The molecule has 1 aliphatic rings. The highest BCUT2D eigenvalue weighted by molar-refractivity contribution is 9.10. The number of carbonyl (C=O) groups is 2. The lowest BCUT2D eigenvalue weighted by atomic mass is 9.95.